The molecule has 0 aliphatic heterocycles. The van der Waals surface area contributed by atoms with E-state index < -0.39 is 0 Å². The van der Waals surface area contributed by atoms with Crippen LogP contribution in [0.3, 0.4) is 0 Å². The van der Waals surface area contributed by atoms with E-state index in [1.807, 2.05) is 60.7 Å². The number of aromatic nitrogens is 7. The van der Waals surface area contributed by atoms with Crippen LogP contribution in [0.25, 0.3) is 17.1 Å². The molecule has 0 N–H and O–H groups in total. The summed E-state index contributed by atoms with van der Waals surface area (Å²) in [7, 11) is 0. The average molecular weight is 303 g/mol. The molecular weight excluding hydrogens is 290 g/mol. The fourth-order valence-corrected chi connectivity index (χ4v) is 2.31. The van der Waals surface area contributed by atoms with Gasteiger partial charge in [0, 0.05) is 5.56 Å². The maximum Gasteiger partial charge on any atom is 0.181 e. The second-order valence-electron chi connectivity index (χ2n) is 4.97. The monoisotopic (exact) mass is 303 g/mol. The number of rotatable bonds is 4. The molecule has 112 valence electrons. The van der Waals surface area contributed by atoms with Crippen LogP contribution in [0.5, 0.6) is 0 Å². The van der Waals surface area contributed by atoms with E-state index in [1.165, 1.54) is 0 Å². The molecule has 0 saturated carbocycles. The Hall–Kier alpha value is -3.35. The van der Waals surface area contributed by atoms with E-state index in [0.29, 0.717) is 18.2 Å². The molecule has 7 heteroatoms. The van der Waals surface area contributed by atoms with Gasteiger partial charge in [-0.3, -0.25) is 0 Å². The maximum atomic E-state index is 4.49. The number of nitrogens with zero attached hydrogens (tertiary/aromatic N) is 7. The van der Waals surface area contributed by atoms with Crippen LogP contribution in [0.2, 0.25) is 0 Å². The highest BCUT2D eigenvalue weighted by atomic mass is 15.6. The summed E-state index contributed by atoms with van der Waals surface area (Å²) in [5.74, 6) is 1.38. The van der Waals surface area contributed by atoms with Crippen molar-refractivity contribution in [1.29, 1.82) is 0 Å². The molecule has 23 heavy (non-hydrogen) atoms. The Bertz CT molecular complexity index is 896. The molecule has 0 fully saturated rings. The molecule has 0 atom stereocenters. The van der Waals surface area contributed by atoms with Gasteiger partial charge in [-0.05, 0) is 22.6 Å². The summed E-state index contributed by atoms with van der Waals surface area (Å²) in [6.07, 6.45) is 1.69. The quantitative estimate of drug-likeness (QED) is 0.576. The molecule has 0 unspecified atom stereocenters. The highest BCUT2D eigenvalue weighted by molar-refractivity contribution is 5.53. The van der Waals surface area contributed by atoms with Crippen molar-refractivity contribution in [3.8, 4) is 17.1 Å². The third-order valence-electron chi connectivity index (χ3n) is 3.41. The van der Waals surface area contributed by atoms with Crippen molar-refractivity contribution < 1.29 is 0 Å². The second-order valence-corrected chi connectivity index (χ2v) is 4.97. The van der Waals surface area contributed by atoms with Gasteiger partial charge in [0.05, 0.1) is 5.69 Å². The average Bonchev–Trinajstić information content (AvgIpc) is 3.26. The first kappa shape index (κ1) is 13.3. The topological polar surface area (TPSA) is 74.3 Å². The molecule has 2 heterocycles. The number of para-hydroxylation sites is 1. The zero-order valence-electron chi connectivity index (χ0n) is 12.2. The number of tetrazole rings is 1. The van der Waals surface area contributed by atoms with Gasteiger partial charge in [-0.25, -0.2) is 9.67 Å². The number of hydrogen-bond donors (Lipinski definition) is 0. The van der Waals surface area contributed by atoms with Crippen molar-refractivity contribution in [3.63, 3.8) is 0 Å². The van der Waals surface area contributed by atoms with Gasteiger partial charge in [-0.15, -0.1) is 5.10 Å². The van der Waals surface area contributed by atoms with Gasteiger partial charge in [0.1, 0.15) is 12.9 Å². The molecule has 0 saturated heterocycles. The lowest BCUT2D eigenvalue weighted by Crippen LogP contribution is -2.09. The van der Waals surface area contributed by atoms with Gasteiger partial charge in [-0.2, -0.15) is 9.78 Å². The molecule has 2 aromatic heterocycles. The third kappa shape index (κ3) is 2.71. The van der Waals surface area contributed by atoms with Crippen LogP contribution in [0.15, 0.2) is 67.0 Å². The van der Waals surface area contributed by atoms with E-state index in [0.717, 1.165) is 11.3 Å². The minimum atomic E-state index is 0.446. The van der Waals surface area contributed by atoms with Crippen molar-refractivity contribution in [3.05, 3.63) is 72.8 Å². The van der Waals surface area contributed by atoms with Gasteiger partial charge >= 0.3 is 0 Å². The first-order chi connectivity index (χ1) is 11.4. The van der Waals surface area contributed by atoms with E-state index in [4.69, 9.17) is 0 Å². The second kappa shape index (κ2) is 5.80. The SMILES string of the molecule is c1ccc(-c2ncn(Cc3nnnn3-c3ccccc3)n2)cc1. The summed E-state index contributed by atoms with van der Waals surface area (Å²) in [5.41, 5.74) is 1.89. The van der Waals surface area contributed by atoms with Crippen LogP contribution in [0, 0.1) is 0 Å². The standard InChI is InChI=1S/C16H13N7/c1-3-7-13(8-4-1)16-17-12-22(19-16)11-15-18-20-21-23(15)14-9-5-2-6-10-14/h1-10,12H,11H2. The maximum absolute atomic E-state index is 4.49. The first-order valence-corrected chi connectivity index (χ1v) is 7.18. The van der Waals surface area contributed by atoms with Crippen LogP contribution in [-0.4, -0.2) is 35.0 Å². The fourth-order valence-electron chi connectivity index (χ4n) is 2.31. The minimum Gasteiger partial charge on any atom is -0.245 e. The van der Waals surface area contributed by atoms with Crippen molar-refractivity contribution in [2.24, 2.45) is 0 Å². The van der Waals surface area contributed by atoms with Gasteiger partial charge < -0.3 is 0 Å². The Labute approximate surface area is 132 Å². The fraction of sp³-hybridized carbons (Fsp3) is 0.0625. The lowest BCUT2D eigenvalue weighted by atomic mass is 10.2. The molecule has 0 amide bonds. The minimum absolute atomic E-state index is 0.446. The number of hydrogen-bond acceptors (Lipinski definition) is 5. The molecule has 0 aliphatic carbocycles. The van der Waals surface area contributed by atoms with Gasteiger partial charge in [-0.1, -0.05) is 48.5 Å². The molecule has 4 aromatic rings. The Morgan fingerprint density at radius 3 is 2.39 bits per heavy atom. The Morgan fingerprint density at radius 1 is 0.870 bits per heavy atom. The van der Waals surface area contributed by atoms with Crippen molar-refractivity contribution in [2.45, 2.75) is 6.54 Å². The summed E-state index contributed by atoms with van der Waals surface area (Å²) in [5, 5.41) is 16.4. The van der Waals surface area contributed by atoms with E-state index in [-0.39, 0.29) is 0 Å². The summed E-state index contributed by atoms with van der Waals surface area (Å²) in [6.45, 7) is 0.446. The molecule has 2 aromatic carbocycles. The first-order valence-electron chi connectivity index (χ1n) is 7.18. The highest BCUT2D eigenvalue weighted by Gasteiger charge is 2.10. The molecule has 7 nitrogen and oxygen atoms in total. The zero-order chi connectivity index (χ0) is 15.5. The molecule has 0 radical (unpaired) electrons. The Morgan fingerprint density at radius 2 is 1.61 bits per heavy atom. The van der Waals surface area contributed by atoms with Gasteiger partial charge in [0.15, 0.2) is 11.6 Å². The largest absolute Gasteiger partial charge is 0.245 e. The van der Waals surface area contributed by atoms with E-state index in [9.17, 15) is 0 Å². The lowest BCUT2D eigenvalue weighted by Gasteiger charge is -2.03. The van der Waals surface area contributed by atoms with Gasteiger partial charge in [0.2, 0.25) is 0 Å². The lowest BCUT2D eigenvalue weighted by molar-refractivity contribution is 0.634. The predicted octanol–water partition coefficient (Wildman–Crippen LogP) is 1.97. The molecule has 0 aliphatic rings. The van der Waals surface area contributed by atoms with Crippen LogP contribution < -0.4 is 0 Å². The van der Waals surface area contributed by atoms with E-state index >= 15 is 0 Å². The third-order valence-corrected chi connectivity index (χ3v) is 3.41. The molecule has 0 spiro atoms. The van der Waals surface area contributed by atoms with Crippen LogP contribution in [-0.2, 0) is 6.54 Å². The van der Waals surface area contributed by atoms with E-state index in [1.54, 1.807) is 15.7 Å². The Kier molecular flexibility index (Phi) is 3.36. The van der Waals surface area contributed by atoms with E-state index in [2.05, 4.69) is 25.6 Å². The summed E-state index contributed by atoms with van der Waals surface area (Å²) in [6, 6.07) is 19.6. The summed E-state index contributed by atoms with van der Waals surface area (Å²) >= 11 is 0. The van der Waals surface area contributed by atoms with Crippen molar-refractivity contribution in [1.82, 2.24) is 35.0 Å². The normalized spacial score (nSPS) is 10.8. The van der Waals surface area contributed by atoms with Crippen LogP contribution >= 0.6 is 0 Å². The van der Waals surface area contributed by atoms with Crippen molar-refractivity contribution in [2.75, 3.05) is 0 Å². The zero-order valence-corrected chi connectivity index (χ0v) is 12.2. The van der Waals surface area contributed by atoms with Crippen LogP contribution in [0.1, 0.15) is 5.82 Å². The Balaban J connectivity index is 1.61. The molecular formula is C16H13N7. The predicted molar refractivity (Wildman–Crippen MR) is 83.7 cm³/mol. The van der Waals surface area contributed by atoms with Gasteiger partial charge in [0.25, 0.3) is 0 Å². The van der Waals surface area contributed by atoms with Crippen LogP contribution in [0.4, 0.5) is 0 Å². The molecule has 4 rings (SSSR count). The smallest absolute Gasteiger partial charge is 0.181 e. The number of benzene rings is 2. The highest BCUT2D eigenvalue weighted by Crippen LogP contribution is 2.13. The van der Waals surface area contributed by atoms with Crippen molar-refractivity contribution >= 4 is 0 Å². The summed E-state index contributed by atoms with van der Waals surface area (Å²) < 4.78 is 3.43. The molecule has 0 bridgehead atoms. The summed E-state index contributed by atoms with van der Waals surface area (Å²) in [4.78, 5) is 4.34.